The zero-order valence-electron chi connectivity index (χ0n) is 4.07. The third kappa shape index (κ3) is 0.718. The first-order valence-electron chi connectivity index (χ1n) is 2.38. The van der Waals surface area contributed by atoms with Crippen molar-refractivity contribution in [1.82, 2.24) is 5.32 Å². The zero-order chi connectivity index (χ0) is 5.28. The molecule has 0 amide bonds. The summed E-state index contributed by atoms with van der Waals surface area (Å²) in [6.45, 7) is 1.02. The summed E-state index contributed by atoms with van der Waals surface area (Å²) < 4.78 is 0. The number of nitrogens with one attached hydrogen (secondary N) is 2. The molecule has 1 aliphatic heterocycles. The topological polar surface area (TPSA) is 61.9 Å². The quantitative estimate of drug-likeness (QED) is 0.300. The first-order valence-corrected chi connectivity index (χ1v) is 2.38. The van der Waals surface area contributed by atoms with E-state index in [1.807, 2.05) is 0 Å². The van der Waals surface area contributed by atoms with Crippen molar-refractivity contribution in [2.45, 2.75) is 12.5 Å². The molecule has 3 nitrogen and oxygen atoms in total. The lowest BCUT2D eigenvalue weighted by Gasteiger charge is -2.25. The molecule has 0 radical (unpaired) electrons. The molecule has 7 heavy (non-hydrogen) atoms. The average molecular weight is 99.1 g/mol. The van der Waals surface area contributed by atoms with Crippen LogP contribution in [-0.4, -0.2) is 18.4 Å². The first-order chi connectivity index (χ1) is 3.30. The molecule has 0 unspecified atom stereocenters. The van der Waals surface area contributed by atoms with Crippen LogP contribution in [0.15, 0.2) is 0 Å². The van der Waals surface area contributed by atoms with Crippen molar-refractivity contribution in [3.8, 4) is 0 Å². The molecule has 0 bridgehead atoms. The van der Waals surface area contributed by atoms with Crippen molar-refractivity contribution in [2.24, 2.45) is 5.73 Å². The molecule has 1 rings (SSSR count). The van der Waals surface area contributed by atoms with Gasteiger partial charge in [0.05, 0.1) is 6.04 Å². The van der Waals surface area contributed by atoms with E-state index in [4.69, 9.17) is 11.1 Å². The van der Waals surface area contributed by atoms with Crippen LogP contribution >= 0.6 is 0 Å². The molecular weight excluding hydrogens is 90.1 g/mol. The molecule has 4 N–H and O–H groups in total. The van der Waals surface area contributed by atoms with E-state index in [0.717, 1.165) is 13.0 Å². The number of hydrogen-bond donors (Lipinski definition) is 3. The van der Waals surface area contributed by atoms with E-state index < -0.39 is 0 Å². The van der Waals surface area contributed by atoms with Crippen LogP contribution in [0.4, 0.5) is 0 Å². The van der Waals surface area contributed by atoms with Gasteiger partial charge in [0.25, 0.3) is 0 Å². The second-order valence-electron chi connectivity index (χ2n) is 1.75. The van der Waals surface area contributed by atoms with Crippen LogP contribution in [0.3, 0.4) is 0 Å². The maximum absolute atomic E-state index is 6.87. The first kappa shape index (κ1) is 4.59. The van der Waals surface area contributed by atoms with E-state index in [-0.39, 0.29) is 11.9 Å². The minimum Gasteiger partial charge on any atom is -0.386 e. The van der Waals surface area contributed by atoms with E-state index in [0.29, 0.717) is 0 Å². The summed E-state index contributed by atoms with van der Waals surface area (Å²) in [6.07, 6.45) is 1.04. The van der Waals surface area contributed by atoms with Gasteiger partial charge in [-0.15, -0.1) is 0 Å². The Bertz CT molecular complexity index is 84.9. The lowest BCUT2D eigenvalue weighted by molar-refractivity contribution is 0.455. The average Bonchev–Trinajstić information content (AvgIpc) is 1.23. The third-order valence-corrected chi connectivity index (χ3v) is 1.20. The summed E-state index contributed by atoms with van der Waals surface area (Å²) in [7, 11) is 0. The summed E-state index contributed by atoms with van der Waals surface area (Å²) in [6, 6.07) is 0.194. The monoisotopic (exact) mass is 99.1 g/mol. The standard InChI is InChI=1S/C4H9N3/c5-4(6)3-1-2-7-3/h3,7H,1-2H2,(H3,5,6)/t3-/m1/s1. The molecule has 0 aromatic rings. The molecular formula is C4H9N3. The number of hydrogen-bond acceptors (Lipinski definition) is 2. The molecule has 40 valence electrons. The van der Waals surface area contributed by atoms with Crippen LogP contribution in [0.2, 0.25) is 0 Å². The highest BCUT2D eigenvalue weighted by Crippen LogP contribution is 1.98. The van der Waals surface area contributed by atoms with Crippen LogP contribution in [0.25, 0.3) is 0 Å². The van der Waals surface area contributed by atoms with Gasteiger partial charge >= 0.3 is 0 Å². The smallest absolute Gasteiger partial charge is 0.108 e. The van der Waals surface area contributed by atoms with Gasteiger partial charge in [-0.25, -0.2) is 0 Å². The summed E-state index contributed by atoms with van der Waals surface area (Å²) in [5.74, 6) is 0.270. The van der Waals surface area contributed by atoms with Gasteiger partial charge in [-0.1, -0.05) is 0 Å². The van der Waals surface area contributed by atoms with Gasteiger partial charge in [-0.05, 0) is 13.0 Å². The maximum Gasteiger partial charge on any atom is 0.108 e. The van der Waals surface area contributed by atoms with Crippen LogP contribution in [0.5, 0.6) is 0 Å². The summed E-state index contributed by atoms with van der Waals surface area (Å²) in [5.41, 5.74) is 5.12. The predicted octanol–water partition coefficient (Wildman–Crippen LogP) is -0.716. The van der Waals surface area contributed by atoms with Crippen molar-refractivity contribution >= 4 is 5.84 Å². The predicted molar refractivity (Wildman–Crippen MR) is 28.3 cm³/mol. The van der Waals surface area contributed by atoms with E-state index in [1.54, 1.807) is 0 Å². The zero-order valence-corrected chi connectivity index (χ0v) is 4.07. The Labute approximate surface area is 42.4 Å². The molecule has 0 saturated carbocycles. The van der Waals surface area contributed by atoms with Crippen molar-refractivity contribution in [3.05, 3.63) is 0 Å². The van der Waals surface area contributed by atoms with Crippen molar-refractivity contribution < 1.29 is 0 Å². The highest BCUT2D eigenvalue weighted by molar-refractivity contribution is 5.83. The summed E-state index contributed by atoms with van der Waals surface area (Å²) >= 11 is 0. The van der Waals surface area contributed by atoms with Crippen LogP contribution < -0.4 is 11.1 Å². The number of rotatable bonds is 1. The second-order valence-corrected chi connectivity index (χ2v) is 1.75. The number of amidine groups is 1. The summed E-state index contributed by atoms with van der Waals surface area (Å²) in [5, 5.41) is 9.86. The minimum absolute atomic E-state index is 0.194. The molecule has 1 fully saturated rings. The Morgan fingerprint density at radius 1 is 1.86 bits per heavy atom. The van der Waals surface area contributed by atoms with E-state index >= 15 is 0 Å². The molecule has 0 aliphatic carbocycles. The highest BCUT2D eigenvalue weighted by atomic mass is 15.0. The lowest BCUT2D eigenvalue weighted by Crippen LogP contribution is -2.51. The van der Waals surface area contributed by atoms with Crippen LogP contribution in [0.1, 0.15) is 6.42 Å². The van der Waals surface area contributed by atoms with Crippen LogP contribution in [0, 0.1) is 5.41 Å². The Hall–Kier alpha value is -0.570. The fourth-order valence-electron chi connectivity index (χ4n) is 0.554. The van der Waals surface area contributed by atoms with Crippen molar-refractivity contribution in [1.29, 1.82) is 5.41 Å². The second kappa shape index (κ2) is 1.50. The van der Waals surface area contributed by atoms with Gasteiger partial charge in [0.2, 0.25) is 0 Å². The van der Waals surface area contributed by atoms with E-state index in [9.17, 15) is 0 Å². The lowest BCUT2D eigenvalue weighted by atomic mass is 10.1. The molecule has 0 aromatic heterocycles. The summed E-state index contributed by atoms with van der Waals surface area (Å²) in [4.78, 5) is 0. The van der Waals surface area contributed by atoms with Crippen molar-refractivity contribution in [2.75, 3.05) is 6.54 Å². The molecule has 0 aromatic carbocycles. The normalized spacial score (nSPS) is 28.9. The van der Waals surface area contributed by atoms with Gasteiger partial charge in [0.1, 0.15) is 5.84 Å². The fraction of sp³-hybridized carbons (Fsp3) is 0.750. The minimum atomic E-state index is 0.194. The number of nitrogens with two attached hydrogens (primary N) is 1. The Morgan fingerprint density at radius 2 is 2.43 bits per heavy atom. The molecule has 1 atom stereocenters. The van der Waals surface area contributed by atoms with Gasteiger partial charge in [0, 0.05) is 0 Å². The molecule has 1 saturated heterocycles. The van der Waals surface area contributed by atoms with Crippen molar-refractivity contribution in [3.63, 3.8) is 0 Å². The van der Waals surface area contributed by atoms with E-state index in [2.05, 4.69) is 5.32 Å². The Kier molecular flexibility index (Phi) is 0.982. The van der Waals surface area contributed by atoms with Crippen LogP contribution in [-0.2, 0) is 0 Å². The van der Waals surface area contributed by atoms with Gasteiger partial charge in [0.15, 0.2) is 0 Å². The Balaban J connectivity index is 2.27. The molecule has 3 heteroatoms. The van der Waals surface area contributed by atoms with Gasteiger partial charge < -0.3 is 11.1 Å². The third-order valence-electron chi connectivity index (χ3n) is 1.20. The SMILES string of the molecule is N=C(N)[C@H]1CCN1. The fourth-order valence-corrected chi connectivity index (χ4v) is 0.554. The van der Waals surface area contributed by atoms with Gasteiger partial charge in [-0.2, -0.15) is 0 Å². The molecule has 1 aliphatic rings. The van der Waals surface area contributed by atoms with Gasteiger partial charge in [-0.3, -0.25) is 5.41 Å². The molecule has 0 spiro atoms. The Morgan fingerprint density at radius 3 is 2.43 bits per heavy atom. The van der Waals surface area contributed by atoms with E-state index in [1.165, 1.54) is 0 Å². The maximum atomic E-state index is 6.87. The molecule has 1 heterocycles. The largest absolute Gasteiger partial charge is 0.386 e. The highest BCUT2D eigenvalue weighted by Gasteiger charge is 2.17.